The lowest BCUT2D eigenvalue weighted by Gasteiger charge is -2.49. The van der Waals surface area contributed by atoms with Gasteiger partial charge in [-0.15, -0.1) is 11.3 Å². The van der Waals surface area contributed by atoms with Crippen molar-refractivity contribution in [2.75, 3.05) is 39.9 Å². The first-order valence-corrected chi connectivity index (χ1v) is 9.24. The van der Waals surface area contributed by atoms with E-state index in [1.165, 1.54) is 11.3 Å². The lowest BCUT2D eigenvalue weighted by Crippen LogP contribution is -2.62. The maximum absolute atomic E-state index is 14.5. The molecular weight excluding hydrogens is 350 g/mol. The van der Waals surface area contributed by atoms with Crippen molar-refractivity contribution >= 4 is 23.2 Å². The van der Waals surface area contributed by atoms with E-state index in [0.717, 1.165) is 4.90 Å². The highest BCUT2D eigenvalue weighted by atomic mass is 32.1. The molecule has 2 saturated heterocycles. The van der Waals surface area contributed by atoms with Crippen LogP contribution < -0.4 is 0 Å². The van der Waals surface area contributed by atoms with Gasteiger partial charge in [0.15, 0.2) is 0 Å². The molecule has 138 valence electrons. The van der Waals surface area contributed by atoms with E-state index in [-0.39, 0.29) is 12.5 Å². The first-order valence-electron chi connectivity index (χ1n) is 8.36. The average Bonchev–Trinajstić information content (AvgIpc) is 3.09. The van der Waals surface area contributed by atoms with E-state index in [2.05, 4.69) is 0 Å². The average molecular weight is 372 g/mol. The van der Waals surface area contributed by atoms with Gasteiger partial charge in [-0.2, -0.15) is 0 Å². The van der Waals surface area contributed by atoms with Crippen molar-refractivity contribution in [1.29, 1.82) is 0 Å². The van der Waals surface area contributed by atoms with Crippen LogP contribution in [0.1, 0.15) is 28.9 Å². The Labute approximate surface area is 149 Å². The highest BCUT2D eigenvalue weighted by molar-refractivity contribution is 7.12. The standard InChI is InChI=1S/C17H22F2N2O3S/c1-24-8-7-20-6-3-5-16(15(20)23)10-17(18,19)12-21(11-16)14(22)13-4-2-9-25-13/h2,4,9H,3,5-8,10-12H2,1H3/t16-/m0/s1. The third kappa shape index (κ3) is 3.69. The molecule has 0 N–H and O–H groups in total. The molecule has 5 nitrogen and oxygen atoms in total. The van der Waals surface area contributed by atoms with Gasteiger partial charge < -0.3 is 14.5 Å². The number of halogens is 2. The first kappa shape index (κ1) is 18.3. The van der Waals surface area contributed by atoms with Gasteiger partial charge in [0.1, 0.15) is 0 Å². The minimum absolute atomic E-state index is 0.0572. The molecule has 3 heterocycles. The van der Waals surface area contributed by atoms with Crippen LogP contribution >= 0.6 is 11.3 Å². The zero-order chi connectivity index (χ0) is 18.1. The Kier molecular flexibility index (Phi) is 5.11. The van der Waals surface area contributed by atoms with E-state index in [4.69, 9.17) is 4.74 Å². The summed E-state index contributed by atoms with van der Waals surface area (Å²) < 4.78 is 33.9. The monoisotopic (exact) mass is 372 g/mol. The fourth-order valence-corrected chi connectivity index (χ4v) is 4.58. The molecule has 2 amide bonds. The summed E-state index contributed by atoms with van der Waals surface area (Å²) in [6.45, 7) is 0.741. The van der Waals surface area contributed by atoms with Crippen LogP contribution in [0.5, 0.6) is 0 Å². The minimum Gasteiger partial charge on any atom is -0.383 e. The third-order valence-electron chi connectivity index (χ3n) is 4.92. The van der Waals surface area contributed by atoms with Crippen LogP contribution in [0.2, 0.25) is 0 Å². The summed E-state index contributed by atoms with van der Waals surface area (Å²) in [5.41, 5.74) is -1.19. The van der Waals surface area contributed by atoms with E-state index in [1.54, 1.807) is 29.5 Å². The number of alkyl halides is 2. The molecule has 2 aliphatic rings. The molecule has 0 saturated carbocycles. The molecule has 3 rings (SSSR count). The van der Waals surface area contributed by atoms with Gasteiger partial charge in [0.25, 0.3) is 11.8 Å². The van der Waals surface area contributed by atoms with Crippen LogP contribution in [-0.4, -0.2) is 67.4 Å². The predicted octanol–water partition coefficient (Wildman–Crippen LogP) is 2.48. The summed E-state index contributed by atoms with van der Waals surface area (Å²) in [6.07, 6.45) is 0.558. The van der Waals surface area contributed by atoms with Gasteiger partial charge in [0, 0.05) is 33.2 Å². The minimum atomic E-state index is -3.06. The summed E-state index contributed by atoms with van der Waals surface area (Å²) in [5.74, 6) is -3.76. The maximum atomic E-state index is 14.5. The van der Waals surface area contributed by atoms with E-state index < -0.39 is 30.2 Å². The Bertz CT molecular complexity index is 638. The normalized spacial score (nSPS) is 26.3. The van der Waals surface area contributed by atoms with Crippen molar-refractivity contribution in [2.45, 2.75) is 25.2 Å². The van der Waals surface area contributed by atoms with Crippen molar-refractivity contribution in [3.8, 4) is 0 Å². The predicted molar refractivity (Wildman–Crippen MR) is 89.9 cm³/mol. The molecule has 1 aromatic rings. The molecule has 0 aliphatic carbocycles. The van der Waals surface area contributed by atoms with Crippen molar-refractivity contribution in [2.24, 2.45) is 5.41 Å². The Hall–Kier alpha value is -1.54. The largest absolute Gasteiger partial charge is 0.383 e. The van der Waals surface area contributed by atoms with E-state index in [1.807, 2.05) is 0 Å². The van der Waals surface area contributed by atoms with Crippen LogP contribution in [-0.2, 0) is 9.53 Å². The van der Waals surface area contributed by atoms with Crippen molar-refractivity contribution < 1.29 is 23.1 Å². The van der Waals surface area contributed by atoms with Gasteiger partial charge in [0.2, 0.25) is 5.91 Å². The fraction of sp³-hybridized carbons (Fsp3) is 0.647. The van der Waals surface area contributed by atoms with Crippen LogP contribution in [0.3, 0.4) is 0 Å². The van der Waals surface area contributed by atoms with Gasteiger partial charge in [-0.3, -0.25) is 9.59 Å². The molecule has 1 aromatic heterocycles. The smallest absolute Gasteiger partial charge is 0.266 e. The van der Waals surface area contributed by atoms with Crippen LogP contribution in [0, 0.1) is 5.41 Å². The fourth-order valence-electron chi connectivity index (χ4n) is 3.88. The summed E-state index contributed by atoms with van der Waals surface area (Å²) in [4.78, 5) is 28.7. The van der Waals surface area contributed by atoms with Gasteiger partial charge in [0.05, 0.1) is 23.4 Å². The number of hydrogen-bond acceptors (Lipinski definition) is 4. The number of rotatable bonds is 4. The number of carbonyl (C=O) groups is 2. The number of piperidine rings is 2. The summed E-state index contributed by atoms with van der Waals surface area (Å²) in [6, 6.07) is 3.34. The van der Waals surface area contributed by atoms with Gasteiger partial charge >= 0.3 is 0 Å². The molecule has 2 fully saturated rings. The van der Waals surface area contributed by atoms with Crippen molar-refractivity contribution in [1.82, 2.24) is 9.80 Å². The maximum Gasteiger partial charge on any atom is 0.266 e. The molecule has 0 aromatic carbocycles. The highest BCUT2D eigenvalue weighted by Gasteiger charge is 2.56. The number of amides is 2. The molecule has 0 radical (unpaired) electrons. The molecule has 25 heavy (non-hydrogen) atoms. The van der Waals surface area contributed by atoms with E-state index in [0.29, 0.717) is 37.4 Å². The van der Waals surface area contributed by atoms with Gasteiger partial charge in [-0.1, -0.05) is 6.07 Å². The Morgan fingerprint density at radius 3 is 2.88 bits per heavy atom. The van der Waals surface area contributed by atoms with Crippen LogP contribution in [0.15, 0.2) is 17.5 Å². The molecular formula is C17H22F2N2O3S. The summed E-state index contributed by atoms with van der Waals surface area (Å²) >= 11 is 1.22. The van der Waals surface area contributed by atoms with E-state index >= 15 is 0 Å². The number of methoxy groups -OCH3 is 1. The second kappa shape index (κ2) is 6.99. The molecule has 1 atom stereocenters. The highest BCUT2D eigenvalue weighted by Crippen LogP contribution is 2.45. The lowest BCUT2D eigenvalue weighted by atomic mass is 9.71. The second-order valence-corrected chi connectivity index (χ2v) is 7.79. The SMILES string of the molecule is COCCN1CCC[C@]2(CN(C(=O)c3cccs3)CC(F)(F)C2)C1=O. The number of thiophene rings is 1. The van der Waals surface area contributed by atoms with E-state index in [9.17, 15) is 18.4 Å². The van der Waals surface area contributed by atoms with Crippen molar-refractivity contribution in [3.05, 3.63) is 22.4 Å². The summed E-state index contributed by atoms with van der Waals surface area (Å²) in [7, 11) is 1.54. The Morgan fingerprint density at radius 2 is 2.20 bits per heavy atom. The zero-order valence-corrected chi connectivity index (χ0v) is 15.0. The molecule has 0 bridgehead atoms. The number of hydrogen-bond donors (Lipinski definition) is 0. The number of ether oxygens (including phenoxy) is 1. The molecule has 0 unspecified atom stereocenters. The Morgan fingerprint density at radius 1 is 1.40 bits per heavy atom. The Balaban J connectivity index is 1.84. The van der Waals surface area contributed by atoms with Crippen LogP contribution in [0.25, 0.3) is 0 Å². The molecule has 2 aliphatic heterocycles. The van der Waals surface area contributed by atoms with Gasteiger partial charge in [-0.05, 0) is 24.3 Å². The number of likely N-dealkylation sites (tertiary alicyclic amines) is 2. The lowest BCUT2D eigenvalue weighted by molar-refractivity contribution is -0.166. The topological polar surface area (TPSA) is 49.9 Å². The second-order valence-electron chi connectivity index (χ2n) is 6.84. The number of nitrogens with zero attached hydrogens (tertiary/aromatic N) is 2. The van der Waals surface area contributed by atoms with Gasteiger partial charge in [-0.25, -0.2) is 8.78 Å². The molecule has 1 spiro atoms. The van der Waals surface area contributed by atoms with Crippen molar-refractivity contribution in [3.63, 3.8) is 0 Å². The first-order chi connectivity index (χ1) is 11.9. The summed E-state index contributed by atoms with van der Waals surface area (Å²) in [5, 5.41) is 1.74. The molecule has 8 heteroatoms. The number of carbonyl (C=O) groups excluding carboxylic acids is 2. The zero-order valence-electron chi connectivity index (χ0n) is 14.2. The third-order valence-corrected chi connectivity index (χ3v) is 5.78. The quantitative estimate of drug-likeness (QED) is 0.816. The van der Waals surface area contributed by atoms with Crippen LogP contribution in [0.4, 0.5) is 8.78 Å².